The summed E-state index contributed by atoms with van der Waals surface area (Å²) < 4.78 is 0. The first kappa shape index (κ1) is 13.4. The molecule has 1 aliphatic carbocycles. The van der Waals surface area contributed by atoms with Gasteiger partial charge >= 0.3 is 0 Å². The lowest BCUT2D eigenvalue weighted by Crippen LogP contribution is -2.44. The average Bonchev–Trinajstić information content (AvgIpc) is 2.31. The van der Waals surface area contributed by atoms with Gasteiger partial charge in [-0.2, -0.15) is 0 Å². The molecular weight excluding hydrogens is 246 g/mol. The highest BCUT2D eigenvalue weighted by Crippen LogP contribution is 2.26. The molecule has 1 aliphatic rings. The summed E-state index contributed by atoms with van der Waals surface area (Å²) in [6, 6.07) is 8.27. The van der Waals surface area contributed by atoms with Gasteiger partial charge in [-0.1, -0.05) is 17.7 Å². The third-order valence-electron chi connectivity index (χ3n) is 3.57. The monoisotopic (exact) mass is 265 g/mol. The van der Waals surface area contributed by atoms with Crippen molar-refractivity contribution in [2.24, 2.45) is 0 Å². The van der Waals surface area contributed by atoms with Crippen molar-refractivity contribution in [2.45, 2.75) is 38.6 Å². The van der Waals surface area contributed by atoms with E-state index in [1.165, 1.54) is 6.42 Å². The minimum atomic E-state index is 0.161. The third-order valence-corrected chi connectivity index (χ3v) is 3.84. The first-order valence-corrected chi connectivity index (χ1v) is 7.19. The minimum absolute atomic E-state index is 0.161. The van der Waals surface area contributed by atoms with Crippen LogP contribution in [0.25, 0.3) is 0 Å². The Hall–Kier alpha value is -1.02. The summed E-state index contributed by atoms with van der Waals surface area (Å²) in [7, 11) is 0. The molecule has 1 aromatic carbocycles. The van der Waals surface area contributed by atoms with E-state index in [1.807, 2.05) is 36.1 Å². The van der Waals surface area contributed by atoms with Crippen LogP contribution in [0, 0.1) is 6.92 Å². The van der Waals surface area contributed by atoms with Gasteiger partial charge in [0.05, 0.1) is 0 Å². The highest BCUT2D eigenvalue weighted by molar-refractivity contribution is 6.17. The van der Waals surface area contributed by atoms with Gasteiger partial charge in [-0.15, -0.1) is 11.6 Å². The molecule has 1 saturated carbocycles. The Morgan fingerprint density at radius 3 is 2.78 bits per heavy atom. The number of amides is 1. The normalized spacial score (nSPS) is 15.2. The number of alkyl halides is 1. The number of carbonyl (C=O) groups excluding carboxylic acids is 1. The number of nitrogens with zero attached hydrogens (tertiary/aromatic N) is 1. The Morgan fingerprint density at radius 2 is 2.22 bits per heavy atom. The van der Waals surface area contributed by atoms with Crippen molar-refractivity contribution in [2.75, 3.05) is 12.4 Å². The molecule has 18 heavy (non-hydrogen) atoms. The van der Waals surface area contributed by atoms with Crippen LogP contribution < -0.4 is 0 Å². The molecule has 2 rings (SSSR count). The molecule has 0 saturated heterocycles. The third kappa shape index (κ3) is 3.05. The summed E-state index contributed by atoms with van der Waals surface area (Å²) in [5.74, 6) is 0.776. The van der Waals surface area contributed by atoms with Crippen LogP contribution in [-0.2, 0) is 0 Å². The second-order valence-corrected chi connectivity index (χ2v) is 5.37. The predicted molar refractivity (Wildman–Crippen MR) is 75.2 cm³/mol. The Labute approximate surface area is 114 Å². The molecule has 0 bridgehead atoms. The topological polar surface area (TPSA) is 20.3 Å². The second kappa shape index (κ2) is 6.24. The fourth-order valence-corrected chi connectivity index (χ4v) is 2.44. The van der Waals surface area contributed by atoms with Crippen LogP contribution in [0.15, 0.2) is 24.3 Å². The molecule has 1 aromatic rings. The van der Waals surface area contributed by atoms with E-state index in [0.29, 0.717) is 11.9 Å². The van der Waals surface area contributed by atoms with Gasteiger partial charge in [-0.25, -0.2) is 0 Å². The molecule has 2 nitrogen and oxygen atoms in total. The molecule has 1 fully saturated rings. The quantitative estimate of drug-likeness (QED) is 0.745. The van der Waals surface area contributed by atoms with Gasteiger partial charge in [-0.3, -0.25) is 4.79 Å². The molecule has 0 N–H and O–H groups in total. The summed E-state index contributed by atoms with van der Waals surface area (Å²) >= 11 is 5.75. The Kier molecular flexibility index (Phi) is 4.65. The van der Waals surface area contributed by atoms with Crippen LogP contribution in [0.2, 0.25) is 0 Å². The van der Waals surface area contributed by atoms with Gasteiger partial charge in [0, 0.05) is 24.0 Å². The van der Waals surface area contributed by atoms with Crippen molar-refractivity contribution in [1.82, 2.24) is 4.90 Å². The number of halogens is 1. The van der Waals surface area contributed by atoms with Crippen molar-refractivity contribution in [3.63, 3.8) is 0 Å². The van der Waals surface area contributed by atoms with Gasteiger partial charge in [0.25, 0.3) is 5.91 Å². The molecule has 0 spiro atoms. The molecule has 0 aliphatic heterocycles. The molecule has 0 unspecified atom stereocenters. The Balaban J connectivity index is 2.11. The van der Waals surface area contributed by atoms with E-state index >= 15 is 0 Å². The van der Waals surface area contributed by atoms with Gasteiger partial charge in [0.1, 0.15) is 0 Å². The summed E-state index contributed by atoms with van der Waals surface area (Å²) in [6.07, 6.45) is 4.39. The van der Waals surface area contributed by atoms with Crippen molar-refractivity contribution in [1.29, 1.82) is 0 Å². The SMILES string of the molecule is Cc1cccc(C(=O)N(CCCCl)C2CCC2)c1. The first-order chi connectivity index (χ1) is 8.72. The maximum atomic E-state index is 12.5. The zero-order chi connectivity index (χ0) is 13.0. The first-order valence-electron chi connectivity index (χ1n) is 6.66. The minimum Gasteiger partial charge on any atom is -0.336 e. The molecular formula is C15H20ClNO. The highest BCUT2D eigenvalue weighted by Gasteiger charge is 2.28. The van der Waals surface area contributed by atoms with E-state index in [4.69, 9.17) is 11.6 Å². The van der Waals surface area contributed by atoms with Crippen molar-refractivity contribution in [3.05, 3.63) is 35.4 Å². The van der Waals surface area contributed by atoms with E-state index < -0.39 is 0 Å². The molecule has 0 radical (unpaired) electrons. The van der Waals surface area contributed by atoms with E-state index in [2.05, 4.69) is 0 Å². The van der Waals surface area contributed by atoms with Crippen LogP contribution in [0.3, 0.4) is 0 Å². The Morgan fingerprint density at radius 1 is 1.44 bits per heavy atom. The maximum absolute atomic E-state index is 12.5. The van der Waals surface area contributed by atoms with Gasteiger partial charge in [0.2, 0.25) is 0 Å². The van der Waals surface area contributed by atoms with Crippen LogP contribution >= 0.6 is 11.6 Å². The molecule has 98 valence electrons. The van der Waals surface area contributed by atoms with Gasteiger partial charge < -0.3 is 4.90 Å². The Bertz CT molecular complexity index is 415. The summed E-state index contributed by atoms with van der Waals surface area (Å²) in [6.45, 7) is 2.80. The van der Waals surface area contributed by atoms with Crippen molar-refractivity contribution < 1.29 is 4.79 Å². The number of benzene rings is 1. The smallest absolute Gasteiger partial charge is 0.254 e. The highest BCUT2D eigenvalue weighted by atomic mass is 35.5. The standard InChI is InChI=1S/C15H20ClNO/c1-12-5-2-6-13(11-12)15(18)17(10-4-9-16)14-7-3-8-14/h2,5-6,11,14H,3-4,7-10H2,1H3. The van der Waals surface area contributed by atoms with E-state index in [1.54, 1.807) is 0 Å². The lowest BCUT2D eigenvalue weighted by Gasteiger charge is -2.37. The van der Waals surface area contributed by atoms with Gasteiger partial charge in [-0.05, 0) is 44.7 Å². The van der Waals surface area contributed by atoms with Crippen LogP contribution in [0.4, 0.5) is 0 Å². The number of aryl methyl sites for hydroxylation is 1. The zero-order valence-corrected chi connectivity index (χ0v) is 11.6. The van der Waals surface area contributed by atoms with Crippen LogP contribution in [0.1, 0.15) is 41.6 Å². The molecule has 0 aromatic heterocycles. The van der Waals surface area contributed by atoms with Gasteiger partial charge in [0.15, 0.2) is 0 Å². The van der Waals surface area contributed by atoms with E-state index in [-0.39, 0.29) is 5.91 Å². The predicted octanol–water partition coefficient (Wildman–Crippen LogP) is 3.62. The summed E-state index contributed by atoms with van der Waals surface area (Å²) in [5.41, 5.74) is 1.93. The number of hydrogen-bond acceptors (Lipinski definition) is 1. The van der Waals surface area contributed by atoms with E-state index in [0.717, 1.165) is 36.9 Å². The zero-order valence-electron chi connectivity index (χ0n) is 10.9. The number of hydrogen-bond donors (Lipinski definition) is 0. The van der Waals surface area contributed by atoms with E-state index in [9.17, 15) is 4.79 Å². The van der Waals surface area contributed by atoms with Crippen molar-refractivity contribution in [3.8, 4) is 0 Å². The second-order valence-electron chi connectivity index (χ2n) is 5.00. The molecule has 0 heterocycles. The molecule has 0 atom stereocenters. The molecule has 3 heteroatoms. The van der Waals surface area contributed by atoms with Crippen LogP contribution in [0.5, 0.6) is 0 Å². The fraction of sp³-hybridized carbons (Fsp3) is 0.533. The number of carbonyl (C=O) groups is 1. The fourth-order valence-electron chi connectivity index (χ4n) is 2.32. The lowest BCUT2D eigenvalue weighted by atomic mass is 9.90. The maximum Gasteiger partial charge on any atom is 0.254 e. The average molecular weight is 266 g/mol. The lowest BCUT2D eigenvalue weighted by molar-refractivity contribution is 0.0580. The summed E-state index contributed by atoms with van der Waals surface area (Å²) in [4.78, 5) is 14.5. The van der Waals surface area contributed by atoms with Crippen molar-refractivity contribution >= 4 is 17.5 Å². The van der Waals surface area contributed by atoms with Crippen LogP contribution in [-0.4, -0.2) is 29.3 Å². The largest absolute Gasteiger partial charge is 0.336 e. The molecule has 1 amide bonds. The summed E-state index contributed by atoms with van der Waals surface area (Å²) in [5, 5.41) is 0. The number of rotatable bonds is 5.